The Morgan fingerprint density at radius 1 is 1.44 bits per heavy atom. The van der Waals surface area contributed by atoms with Crippen LogP contribution >= 0.6 is 0 Å². The highest BCUT2D eigenvalue weighted by molar-refractivity contribution is 5.56. The van der Waals surface area contributed by atoms with Crippen molar-refractivity contribution in [3.8, 4) is 6.07 Å². The Balaban J connectivity index is 3.17. The van der Waals surface area contributed by atoms with Crippen LogP contribution in [0.3, 0.4) is 0 Å². The van der Waals surface area contributed by atoms with Crippen LogP contribution in [0.4, 0.5) is 10.1 Å². The van der Waals surface area contributed by atoms with Crippen LogP contribution < -0.4 is 10.2 Å². The van der Waals surface area contributed by atoms with Gasteiger partial charge in [-0.15, -0.1) is 0 Å². The van der Waals surface area contributed by atoms with Crippen molar-refractivity contribution in [3.05, 3.63) is 29.6 Å². The van der Waals surface area contributed by atoms with Crippen molar-refractivity contribution in [2.24, 2.45) is 0 Å². The molecule has 0 bridgehead atoms. The van der Waals surface area contributed by atoms with Gasteiger partial charge in [0.1, 0.15) is 5.82 Å². The van der Waals surface area contributed by atoms with Crippen molar-refractivity contribution >= 4 is 5.69 Å². The minimum absolute atomic E-state index is 0.0188. The summed E-state index contributed by atoms with van der Waals surface area (Å²) in [4.78, 5) is 1.84. The third kappa shape index (κ3) is 2.99. The Bertz CT molecular complexity index is 439. The van der Waals surface area contributed by atoms with Crippen LogP contribution in [0.25, 0.3) is 0 Å². The molecule has 18 heavy (non-hydrogen) atoms. The lowest BCUT2D eigenvalue weighted by atomic mass is 10.0. The molecule has 0 heterocycles. The van der Waals surface area contributed by atoms with E-state index >= 15 is 0 Å². The monoisotopic (exact) mass is 249 g/mol. The van der Waals surface area contributed by atoms with Gasteiger partial charge in [-0.3, -0.25) is 0 Å². The van der Waals surface area contributed by atoms with Gasteiger partial charge >= 0.3 is 0 Å². The van der Waals surface area contributed by atoms with E-state index in [1.165, 1.54) is 6.07 Å². The molecule has 2 unspecified atom stereocenters. The molecule has 0 radical (unpaired) electrons. The van der Waals surface area contributed by atoms with Crippen LogP contribution in [0.2, 0.25) is 0 Å². The van der Waals surface area contributed by atoms with Crippen LogP contribution in [0.15, 0.2) is 18.2 Å². The van der Waals surface area contributed by atoms with Gasteiger partial charge in [0.15, 0.2) is 0 Å². The fraction of sp³-hybridized carbons (Fsp3) is 0.500. The van der Waals surface area contributed by atoms with Gasteiger partial charge in [-0.25, -0.2) is 4.39 Å². The summed E-state index contributed by atoms with van der Waals surface area (Å²) in [5.74, 6) is -0.248. The summed E-state index contributed by atoms with van der Waals surface area (Å²) in [7, 11) is 3.67. The van der Waals surface area contributed by atoms with E-state index in [0.29, 0.717) is 12.1 Å². The summed E-state index contributed by atoms with van der Waals surface area (Å²) in [6, 6.07) is 7.24. The molecule has 0 aliphatic rings. The lowest BCUT2D eigenvalue weighted by molar-refractivity contribution is 0.588. The molecule has 0 amide bonds. The average molecular weight is 249 g/mol. The number of nitrogens with one attached hydrogen (secondary N) is 1. The Labute approximate surface area is 108 Å². The largest absolute Gasteiger partial charge is 0.368 e. The Kier molecular flexibility index (Phi) is 5.11. The molecule has 1 N–H and O–H groups in total. The first-order valence-electron chi connectivity index (χ1n) is 6.08. The van der Waals surface area contributed by atoms with E-state index in [0.717, 1.165) is 5.56 Å². The zero-order chi connectivity index (χ0) is 13.7. The van der Waals surface area contributed by atoms with Crippen LogP contribution in [0, 0.1) is 17.1 Å². The number of nitrogens with zero attached hydrogens (tertiary/aromatic N) is 2. The van der Waals surface area contributed by atoms with E-state index in [9.17, 15) is 4.39 Å². The molecule has 1 aromatic carbocycles. The lowest BCUT2D eigenvalue weighted by Gasteiger charge is -2.29. The van der Waals surface area contributed by atoms with E-state index in [-0.39, 0.29) is 17.9 Å². The fourth-order valence-electron chi connectivity index (χ4n) is 1.90. The molecule has 0 aliphatic heterocycles. The van der Waals surface area contributed by atoms with Gasteiger partial charge in [0.25, 0.3) is 0 Å². The van der Waals surface area contributed by atoms with Crippen LogP contribution in [-0.4, -0.2) is 20.1 Å². The van der Waals surface area contributed by atoms with Crippen LogP contribution in [-0.2, 0) is 0 Å². The summed E-state index contributed by atoms with van der Waals surface area (Å²) in [5, 5.41) is 11.9. The van der Waals surface area contributed by atoms with Gasteiger partial charge in [0.05, 0.1) is 18.2 Å². The van der Waals surface area contributed by atoms with E-state index in [1.54, 1.807) is 6.07 Å². The predicted molar refractivity (Wildman–Crippen MR) is 72.0 cm³/mol. The first-order chi connectivity index (χ1) is 8.52. The number of anilines is 1. The maximum atomic E-state index is 14.0. The second-order valence-electron chi connectivity index (χ2n) is 4.51. The molecule has 4 heteroatoms. The van der Waals surface area contributed by atoms with Crippen molar-refractivity contribution < 1.29 is 4.39 Å². The third-order valence-corrected chi connectivity index (χ3v) is 3.32. The molecule has 2 atom stereocenters. The topological polar surface area (TPSA) is 39.1 Å². The standard InChI is InChI=1S/C14H20FN3/c1-10(8-9-16)18(4)14-12(11(2)17-3)6-5-7-13(14)15/h5-7,10-11,17H,8H2,1-4H3. The highest BCUT2D eigenvalue weighted by Gasteiger charge is 2.19. The smallest absolute Gasteiger partial charge is 0.146 e. The number of rotatable bonds is 5. The molecule has 0 spiro atoms. The number of para-hydroxylation sites is 1. The number of nitriles is 1. The summed E-state index contributed by atoms with van der Waals surface area (Å²) in [6.45, 7) is 3.91. The number of hydrogen-bond donors (Lipinski definition) is 1. The van der Waals surface area contributed by atoms with Gasteiger partial charge < -0.3 is 10.2 Å². The predicted octanol–water partition coefficient (Wildman–Crippen LogP) is 2.84. The molecule has 0 saturated carbocycles. The summed E-state index contributed by atoms with van der Waals surface area (Å²) in [5.41, 5.74) is 1.48. The van der Waals surface area contributed by atoms with E-state index < -0.39 is 0 Å². The lowest BCUT2D eigenvalue weighted by Crippen LogP contribution is -2.31. The summed E-state index contributed by atoms with van der Waals surface area (Å²) >= 11 is 0. The molecular formula is C14H20FN3. The normalized spacial score (nSPS) is 13.8. The van der Waals surface area contributed by atoms with Crippen LogP contribution in [0.5, 0.6) is 0 Å². The van der Waals surface area contributed by atoms with Gasteiger partial charge in [-0.1, -0.05) is 12.1 Å². The highest BCUT2D eigenvalue weighted by atomic mass is 19.1. The number of halogens is 1. The van der Waals surface area contributed by atoms with E-state index in [4.69, 9.17) is 5.26 Å². The number of hydrogen-bond acceptors (Lipinski definition) is 3. The molecule has 0 saturated heterocycles. The quantitative estimate of drug-likeness (QED) is 0.872. The third-order valence-electron chi connectivity index (χ3n) is 3.32. The molecule has 3 nitrogen and oxygen atoms in total. The minimum atomic E-state index is -0.248. The molecule has 0 fully saturated rings. The van der Waals surface area contributed by atoms with Gasteiger partial charge in [0, 0.05) is 19.1 Å². The van der Waals surface area contributed by atoms with Crippen molar-refractivity contribution in [1.29, 1.82) is 5.26 Å². The Morgan fingerprint density at radius 2 is 2.11 bits per heavy atom. The maximum absolute atomic E-state index is 14.0. The molecule has 1 aromatic rings. The first kappa shape index (κ1) is 14.5. The first-order valence-corrected chi connectivity index (χ1v) is 6.08. The maximum Gasteiger partial charge on any atom is 0.146 e. The summed E-state index contributed by atoms with van der Waals surface area (Å²) < 4.78 is 14.0. The zero-order valence-corrected chi connectivity index (χ0v) is 11.4. The van der Waals surface area contributed by atoms with Gasteiger partial charge in [-0.05, 0) is 32.5 Å². The average Bonchev–Trinajstić information content (AvgIpc) is 2.37. The SMILES string of the molecule is CNC(C)c1cccc(F)c1N(C)C(C)CC#N. The summed E-state index contributed by atoms with van der Waals surface area (Å²) in [6.07, 6.45) is 0.373. The Morgan fingerprint density at radius 3 is 2.67 bits per heavy atom. The molecule has 1 rings (SSSR count). The second kappa shape index (κ2) is 6.36. The van der Waals surface area contributed by atoms with Crippen molar-refractivity contribution in [2.75, 3.05) is 19.0 Å². The second-order valence-corrected chi connectivity index (χ2v) is 4.51. The number of benzene rings is 1. The molecule has 0 aromatic heterocycles. The molecule has 98 valence electrons. The van der Waals surface area contributed by atoms with E-state index in [2.05, 4.69) is 11.4 Å². The van der Waals surface area contributed by atoms with Crippen molar-refractivity contribution in [2.45, 2.75) is 32.4 Å². The van der Waals surface area contributed by atoms with Crippen LogP contribution in [0.1, 0.15) is 31.9 Å². The Hall–Kier alpha value is -1.60. The van der Waals surface area contributed by atoms with Gasteiger partial charge in [0.2, 0.25) is 0 Å². The fourth-order valence-corrected chi connectivity index (χ4v) is 1.90. The van der Waals surface area contributed by atoms with Crippen molar-refractivity contribution in [3.63, 3.8) is 0 Å². The van der Waals surface area contributed by atoms with E-state index in [1.807, 2.05) is 38.9 Å². The highest BCUT2D eigenvalue weighted by Crippen LogP contribution is 2.30. The van der Waals surface area contributed by atoms with Gasteiger partial charge in [-0.2, -0.15) is 5.26 Å². The minimum Gasteiger partial charge on any atom is -0.368 e. The molecular weight excluding hydrogens is 229 g/mol. The van der Waals surface area contributed by atoms with Crippen molar-refractivity contribution in [1.82, 2.24) is 5.32 Å². The zero-order valence-electron chi connectivity index (χ0n) is 11.4. The molecule has 0 aliphatic carbocycles.